The van der Waals surface area contributed by atoms with E-state index in [4.69, 9.17) is 4.74 Å². The number of hydrogen-bond donors (Lipinski definition) is 1. The molecule has 4 atom stereocenters. The Labute approximate surface area is 203 Å². The maximum absolute atomic E-state index is 13.1. The molecule has 1 saturated carbocycles. The van der Waals surface area contributed by atoms with Crippen molar-refractivity contribution in [1.82, 2.24) is 0 Å². The number of phenolic OH excluding ortho intramolecular Hbond substituents is 1. The van der Waals surface area contributed by atoms with Crippen molar-refractivity contribution in [2.75, 3.05) is 0 Å². The molecule has 0 bridgehead atoms. The molecule has 1 N–H and O–H groups in total. The van der Waals surface area contributed by atoms with Gasteiger partial charge < -0.3 is 9.84 Å². The number of aromatic hydroxyl groups is 1. The SMILES string of the molecule is CC(C)CC(c1ccc(O)cc1)C(C)CCC(C)CC(C(=O)OC1(C)CCCCC1)C(C)C. The van der Waals surface area contributed by atoms with E-state index in [0.29, 0.717) is 35.3 Å². The van der Waals surface area contributed by atoms with Crippen molar-refractivity contribution in [2.45, 2.75) is 118 Å². The zero-order valence-electron chi connectivity index (χ0n) is 22.4. The second-order valence-electron chi connectivity index (χ2n) is 12.0. The van der Waals surface area contributed by atoms with Crippen LogP contribution in [0.2, 0.25) is 0 Å². The van der Waals surface area contributed by atoms with E-state index in [1.54, 1.807) is 0 Å². The number of phenols is 1. The lowest BCUT2D eigenvalue weighted by Crippen LogP contribution is -2.37. The Balaban J connectivity index is 1.94. The van der Waals surface area contributed by atoms with Crippen molar-refractivity contribution in [3.05, 3.63) is 29.8 Å². The minimum Gasteiger partial charge on any atom is -0.508 e. The molecule has 0 aromatic heterocycles. The molecule has 4 unspecified atom stereocenters. The normalized spacial score (nSPS) is 19.8. The van der Waals surface area contributed by atoms with Crippen LogP contribution in [0.4, 0.5) is 0 Å². The predicted molar refractivity (Wildman–Crippen MR) is 138 cm³/mol. The maximum atomic E-state index is 13.1. The second-order valence-corrected chi connectivity index (χ2v) is 12.0. The highest BCUT2D eigenvalue weighted by atomic mass is 16.6. The van der Waals surface area contributed by atoms with E-state index in [-0.39, 0.29) is 17.5 Å². The van der Waals surface area contributed by atoms with Gasteiger partial charge >= 0.3 is 5.97 Å². The Kier molecular flexibility index (Phi) is 10.8. The molecule has 188 valence electrons. The van der Waals surface area contributed by atoms with Gasteiger partial charge in [0.2, 0.25) is 0 Å². The fraction of sp³-hybridized carbons (Fsp3) is 0.767. The Morgan fingerprint density at radius 3 is 2.09 bits per heavy atom. The minimum atomic E-state index is -0.256. The smallest absolute Gasteiger partial charge is 0.309 e. The number of esters is 1. The fourth-order valence-corrected chi connectivity index (χ4v) is 5.59. The largest absolute Gasteiger partial charge is 0.508 e. The van der Waals surface area contributed by atoms with Gasteiger partial charge in [0.05, 0.1) is 5.92 Å². The van der Waals surface area contributed by atoms with E-state index in [9.17, 15) is 9.90 Å². The minimum absolute atomic E-state index is 0.0161. The van der Waals surface area contributed by atoms with Crippen molar-refractivity contribution in [3.8, 4) is 5.75 Å². The predicted octanol–water partition coefficient (Wildman–Crippen LogP) is 8.50. The highest BCUT2D eigenvalue weighted by Crippen LogP contribution is 2.37. The lowest BCUT2D eigenvalue weighted by atomic mass is 9.77. The summed E-state index contributed by atoms with van der Waals surface area (Å²) < 4.78 is 6.12. The molecule has 0 radical (unpaired) electrons. The van der Waals surface area contributed by atoms with E-state index < -0.39 is 0 Å². The summed E-state index contributed by atoms with van der Waals surface area (Å²) in [6.07, 6.45) is 9.95. The van der Waals surface area contributed by atoms with Gasteiger partial charge in [-0.1, -0.05) is 66.5 Å². The Bertz CT molecular complexity index is 700. The molecule has 1 fully saturated rings. The highest BCUT2D eigenvalue weighted by molar-refractivity contribution is 5.73. The lowest BCUT2D eigenvalue weighted by molar-refractivity contribution is -0.168. The zero-order valence-corrected chi connectivity index (χ0v) is 22.4. The average Bonchev–Trinajstić information content (AvgIpc) is 2.74. The molecule has 1 aliphatic carbocycles. The third kappa shape index (κ3) is 8.98. The topological polar surface area (TPSA) is 46.5 Å². The third-order valence-corrected chi connectivity index (χ3v) is 7.87. The zero-order chi connectivity index (χ0) is 24.6. The quantitative estimate of drug-likeness (QED) is 0.319. The summed E-state index contributed by atoms with van der Waals surface area (Å²) in [7, 11) is 0. The Morgan fingerprint density at radius 2 is 1.55 bits per heavy atom. The summed E-state index contributed by atoms with van der Waals surface area (Å²) in [4.78, 5) is 13.1. The molecule has 0 heterocycles. The van der Waals surface area contributed by atoms with Crippen LogP contribution in [0.15, 0.2) is 24.3 Å². The first-order valence-electron chi connectivity index (χ1n) is 13.5. The molecule has 0 amide bonds. The molecule has 1 aromatic rings. The van der Waals surface area contributed by atoms with Gasteiger partial charge in [-0.2, -0.15) is 0 Å². The summed E-state index contributed by atoms with van der Waals surface area (Å²) in [5.41, 5.74) is 1.07. The summed E-state index contributed by atoms with van der Waals surface area (Å²) in [6, 6.07) is 7.78. The van der Waals surface area contributed by atoms with E-state index in [1.165, 1.54) is 24.8 Å². The van der Waals surface area contributed by atoms with Gasteiger partial charge in [-0.05, 0) is 99.2 Å². The van der Waals surface area contributed by atoms with Gasteiger partial charge in [-0.25, -0.2) is 0 Å². The standard InChI is InChI=1S/C30H50O3/c1-21(2)19-28(25-13-15-26(31)16-14-25)24(6)12-11-23(5)20-27(22(3)4)29(32)33-30(7)17-9-8-10-18-30/h13-16,21-24,27-28,31H,8-12,17-20H2,1-7H3. The maximum Gasteiger partial charge on any atom is 0.309 e. The first kappa shape index (κ1) is 27.7. The number of hydrogen-bond acceptors (Lipinski definition) is 3. The summed E-state index contributed by atoms with van der Waals surface area (Å²) >= 11 is 0. The summed E-state index contributed by atoms with van der Waals surface area (Å²) in [6.45, 7) is 15.7. The molecule has 0 aliphatic heterocycles. The van der Waals surface area contributed by atoms with Gasteiger partial charge in [0.15, 0.2) is 0 Å². The van der Waals surface area contributed by atoms with Gasteiger partial charge in [0.25, 0.3) is 0 Å². The number of carbonyl (C=O) groups is 1. The number of ether oxygens (including phenoxy) is 1. The molecule has 33 heavy (non-hydrogen) atoms. The van der Waals surface area contributed by atoms with Crippen LogP contribution in [-0.4, -0.2) is 16.7 Å². The number of rotatable bonds is 12. The van der Waals surface area contributed by atoms with Gasteiger partial charge in [0.1, 0.15) is 11.4 Å². The van der Waals surface area contributed by atoms with Gasteiger partial charge in [-0.3, -0.25) is 4.79 Å². The first-order chi connectivity index (χ1) is 15.5. The van der Waals surface area contributed by atoms with E-state index in [0.717, 1.165) is 38.5 Å². The lowest BCUT2D eigenvalue weighted by Gasteiger charge is -2.35. The van der Waals surface area contributed by atoms with E-state index >= 15 is 0 Å². The fourth-order valence-electron chi connectivity index (χ4n) is 5.59. The van der Waals surface area contributed by atoms with E-state index in [1.807, 2.05) is 12.1 Å². The summed E-state index contributed by atoms with van der Waals surface area (Å²) in [5.74, 6) is 2.82. The molecular weight excluding hydrogens is 408 g/mol. The van der Waals surface area contributed by atoms with Crippen LogP contribution in [0.1, 0.15) is 118 Å². The van der Waals surface area contributed by atoms with Crippen LogP contribution in [0, 0.1) is 29.6 Å². The van der Waals surface area contributed by atoms with E-state index in [2.05, 4.69) is 60.6 Å². The van der Waals surface area contributed by atoms with Gasteiger partial charge in [-0.15, -0.1) is 0 Å². The highest BCUT2D eigenvalue weighted by Gasteiger charge is 2.35. The van der Waals surface area contributed by atoms with Gasteiger partial charge in [0, 0.05) is 0 Å². The number of benzene rings is 1. The molecule has 0 saturated heterocycles. The van der Waals surface area contributed by atoms with Crippen LogP contribution in [-0.2, 0) is 9.53 Å². The molecule has 2 rings (SSSR count). The van der Waals surface area contributed by atoms with Crippen molar-refractivity contribution in [3.63, 3.8) is 0 Å². The Morgan fingerprint density at radius 1 is 0.939 bits per heavy atom. The van der Waals surface area contributed by atoms with Crippen molar-refractivity contribution < 1.29 is 14.6 Å². The molecule has 1 aliphatic rings. The molecule has 3 nitrogen and oxygen atoms in total. The third-order valence-electron chi connectivity index (χ3n) is 7.87. The van der Waals surface area contributed by atoms with Crippen LogP contribution in [0.5, 0.6) is 5.75 Å². The molecule has 1 aromatic carbocycles. The molecule has 3 heteroatoms. The van der Waals surface area contributed by atoms with Crippen LogP contribution >= 0.6 is 0 Å². The first-order valence-corrected chi connectivity index (χ1v) is 13.5. The second kappa shape index (κ2) is 12.8. The van der Waals surface area contributed by atoms with Crippen molar-refractivity contribution in [2.24, 2.45) is 29.6 Å². The van der Waals surface area contributed by atoms with Crippen LogP contribution < -0.4 is 0 Å². The van der Waals surface area contributed by atoms with Crippen molar-refractivity contribution in [1.29, 1.82) is 0 Å². The molecule has 0 spiro atoms. The monoisotopic (exact) mass is 458 g/mol. The Hall–Kier alpha value is -1.51. The summed E-state index contributed by atoms with van der Waals surface area (Å²) in [5, 5.41) is 9.69. The van der Waals surface area contributed by atoms with Crippen LogP contribution in [0.3, 0.4) is 0 Å². The number of carbonyl (C=O) groups excluding carboxylic acids is 1. The average molecular weight is 459 g/mol. The molecular formula is C30H50O3. The van der Waals surface area contributed by atoms with Crippen LogP contribution in [0.25, 0.3) is 0 Å². The van der Waals surface area contributed by atoms with Crippen molar-refractivity contribution >= 4 is 5.97 Å².